The van der Waals surface area contributed by atoms with Crippen LogP contribution in [-0.4, -0.2) is 23.5 Å². The number of fused-ring (bicyclic) bond motifs is 1. The van der Waals surface area contributed by atoms with E-state index >= 15 is 0 Å². The number of rotatable bonds is 4. The third kappa shape index (κ3) is 3.53. The number of nitrogens with zero attached hydrogens (tertiary/aromatic N) is 3. The second-order valence-electron chi connectivity index (χ2n) is 7.56. The van der Waals surface area contributed by atoms with E-state index in [2.05, 4.69) is 17.0 Å². The van der Waals surface area contributed by atoms with Crippen molar-refractivity contribution in [3.05, 3.63) is 105 Å². The average molecular weight is 424 g/mol. The molecule has 4 nitrogen and oxygen atoms in total. The molecule has 0 unspecified atom stereocenters. The van der Waals surface area contributed by atoms with Gasteiger partial charge >= 0.3 is 0 Å². The maximum Gasteiger partial charge on any atom is 0.274 e. The Morgan fingerprint density at radius 2 is 1.45 bits per heavy atom. The molecule has 0 spiro atoms. The van der Waals surface area contributed by atoms with Crippen LogP contribution in [0, 0.1) is 0 Å². The fraction of sp³-hybridized carbons (Fsp3) is 0.0769. The molecule has 2 aromatic heterocycles. The molecule has 0 aliphatic rings. The molecule has 0 fully saturated rings. The third-order valence-corrected chi connectivity index (χ3v) is 6.23. The van der Waals surface area contributed by atoms with Crippen molar-refractivity contribution in [2.24, 2.45) is 0 Å². The second kappa shape index (κ2) is 7.85. The van der Waals surface area contributed by atoms with Crippen LogP contribution in [0.2, 0.25) is 0 Å². The van der Waals surface area contributed by atoms with Crippen molar-refractivity contribution in [1.82, 2.24) is 9.38 Å². The van der Waals surface area contributed by atoms with E-state index in [0.29, 0.717) is 9.49 Å². The molecule has 0 saturated carbocycles. The Morgan fingerprint density at radius 3 is 2.06 bits per heavy atom. The molecule has 0 atom stereocenters. The van der Waals surface area contributed by atoms with E-state index in [4.69, 9.17) is 4.98 Å². The van der Waals surface area contributed by atoms with Gasteiger partial charge in [-0.05, 0) is 23.8 Å². The highest BCUT2D eigenvalue weighted by molar-refractivity contribution is 7.15. The van der Waals surface area contributed by atoms with Crippen LogP contribution in [0.25, 0.3) is 33.6 Å². The minimum absolute atomic E-state index is 0.0368. The zero-order chi connectivity index (χ0) is 21.4. The molecule has 5 heteroatoms. The fourth-order valence-electron chi connectivity index (χ4n) is 3.68. The normalized spacial score (nSPS) is 11.9. The van der Waals surface area contributed by atoms with E-state index in [-0.39, 0.29) is 5.56 Å². The van der Waals surface area contributed by atoms with Crippen molar-refractivity contribution in [3.8, 4) is 22.5 Å². The lowest BCUT2D eigenvalue weighted by atomic mass is 10.1. The Morgan fingerprint density at radius 1 is 0.839 bits per heavy atom. The molecule has 5 aromatic rings. The Kier molecular flexibility index (Phi) is 4.88. The molecule has 0 aliphatic carbocycles. The number of imidazole rings is 1. The van der Waals surface area contributed by atoms with Gasteiger partial charge in [-0.3, -0.25) is 4.79 Å². The molecule has 31 heavy (non-hydrogen) atoms. The van der Waals surface area contributed by atoms with E-state index in [1.807, 2.05) is 93.0 Å². The van der Waals surface area contributed by atoms with E-state index in [1.54, 1.807) is 4.40 Å². The van der Waals surface area contributed by atoms with E-state index in [1.165, 1.54) is 11.3 Å². The Balaban J connectivity index is 1.72. The van der Waals surface area contributed by atoms with Crippen molar-refractivity contribution in [2.75, 3.05) is 19.0 Å². The molecule has 2 heterocycles. The zero-order valence-corrected chi connectivity index (χ0v) is 18.1. The summed E-state index contributed by atoms with van der Waals surface area (Å²) < 4.78 is 2.43. The van der Waals surface area contributed by atoms with Gasteiger partial charge in [0.15, 0.2) is 4.96 Å². The van der Waals surface area contributed by atoms with Crippen LogP contribution in [-0.2, 0) is 0 Å². The summed E-state index contributed by atoms with van der Waals surface area (Å²) in [4.78, 5) is 21.1. The highest BCUT2D eigenvalue weighted by Crippen LogP contribution is 2.32. The minimum Gasteiger partial charge on any atom is -0.378 e. The summed E-state index contributed by atoms with van der Waals surface area (Å²) in [7, 11) is 4.02. The topological polar surface area (TPSA) is 37.6 Å². The van der Waals surface area contributed by atoms with Gasteiger partial charge in [-0.1, -0.05) is 84.1 Å². The van der Waals surface area contributed by atoms with Gasteiger partial charge in [0.25, 0.3) is 5.56 Å². The van der Waals surface area contributed by atoms with E-state index < -0.39 is 0 Å². The van der Waals surface area contributed by atoms with Crippen LogP contribution < -0.4 is 15.0 Å². The summed E-state index contributed by atoms with van der Waals surface area (Å²) in [5.41, 5.74) is 5.73. The van der Waals surface area contributed by atoms with Crippen molar-refractivity contribution in [1.29, 1.82) is 0 Å². The summed E-state index contributed by atoms with van der Waals surface area (Å²) in [6, 6.07) is 28.2. The molecule has 3 aromatic carbocycles. The van der Waals surface area contributed by atoms with Gasteiger partial charge < -0.3 is 4.90 Å². The smallest absolute Gasteiger partial charge is 0.274 e. The lowest BCUT2D eigenvalue weighted by Crippen LogP contribution is -2.23. The molecule has 152 valence electrons. The van der Waals surface area contributed by atoms with E-state index in [9.17, 15) is 4.79 Å². The monoisotopic (exact) mass is 423 g/mol. The quantitative estimate of drug-likeness (QED) is 0.420. The van der Waals surface area contributed by atoms with Crippen LogP contribution in [0.4, 0.5) is 5.69 Å². The second-order valence-corrected chi connectivity index (χ2v) is 8.57. The summed E-state index contributed by atoms with van der Waals surface area (Å²) in [5.74, 6) is 0. The van der Waals surface area contributed by atoms with Gasteiger partial charge in [0, 0.05) is 30.9 Å². The predicted molar refractivity (Wildman–Crippen MR) is 130 cm³/mol. The number of hydrogen-bond acceptors (Lipinski definition) is 4. The SMILES string of the molecule is CN(C)c1ccc(C=c2sc3nc(-c4ccccc4)c(-c4ccccc4)n3c2=O)cc1. The average Bonchev–Trinajstić information content (AvgIpc) is 3.32. The Labute approximate surface area is 184 Å². The zero-order valence-electron chi connectivity index (χ0n) is 17.3. The van der Waals surface area contributed by atoms with Crippen LogP contribution in [0.5, 0.6) is 0 Å². The lowest BCUT2D eigenvalue weighted by molar-refractivity contribution is 1.13. The number of benzene rings is 3. The van der Waals surface area contributed by atoms with Gasteiger partial charge in [-0.25, -0.2) is 9.38 Å². The summed E-state index contributed by atoms with van der Waals surface area (Å²) in [6.07, 6.45) is 1.94. The van der Waals surface area contributed by atoms with E-state index in [0.717, 1.165) is 33.8 Å². The number of aromatic nitrogens is 2. The van der Waals surface area contributed by atoms with Gasteiger partial charge in [0.2, 0.25) is 0 Å². The highest BCUT2D eigenvalue weighted by atomic mass is 32.1. The molecule has 0 bridgehead atoms. The summed E-state index contributed by atoms with van der Waals surface area (Å²) in [6.45, 7) is 0. The van der Waals surface area contributed by atoms with Gasteiger partial charge in [0.05, 0.1) is 15.9 Å². The van der Waals surface area contributed by atoms with Crippen molar-refractivity contribution in [3.63, 3.8) is 0 Å². The highest BCUT2D eigenvalue weighted by Gasteiger charge is 2.19. The maximum absolute atomic E-state index is 13.4. The molecular weight excluding hydrogens is 402 g/mol. The van der Waals surface area contributed by atoms with Gasteiger partial charge in [0.1, 0.15) is 0 Å². The van der Waals surface area contributed by atoms with Crippen LogP contribution >= 0.6 is 11.3 Å². The Bertz CT molecular complexity index is 1450. The Hall–Kier alpha value is -3.70. The standard InChI is InChI=1S/C26H21N3OS/c1-28(2)21-15-13-18(14-16-21)17-22-25(30)29-24(20-11-7-4-8-12-20)23(27-26(29)31-22)19-9-5-3-6-10-19/h3-17H,1-2H3. The van der Waals surface area contributed by atoms with Crippen molar-refractivity contribution in [2.45, 2.75) is 0 Å². The molecule has 0 radical (unpaired) electrons. The predicted octanol–water partition coefficient (Wildman–Crippen LogP) is 4.70. The molecule has 5 rings (SSSR count). The number of anilines is 1. The lowest BCUT2D eigenvalue weighted by Gasteiger charge is -2.11. The third-order valence-electron chi connectivity index (χ3n) is 5.26. The van der Waals surface area contributed by atoms with Gasteiger partial charge in [-0.15, -0.1) is 0 Å². The molecular formula is C26H21N3OS. The first-order valence-corrected chi connectivity index (χ1v) is 10.9. The summed E-state index contributed by atoms with van der Waals surface area (Å²) >= 11 is 1.43. The minimum atomic E-state index is -0.0368. The first kappa shape index (κ1) is 19.3. The first-order chi connectivity index (χ1) is 15.1. The molecule has 0 aliphatic heterocycles. The van der Waals surface area contributed by atoms with Gasteiger partial charge in [-0.2, -0.15) is 0 Å². The largest absolute Gasteiger partial charge is 0.378 e. The van der Waals surface area contributed by atoms with Crippen LogP contribution in [0.15, 0.2) is 89.7 Å². The fourth-order valence-corrected chi connectivity index (χ4v) is 4.65. The molecule has 0 N–H and O–H groups in total. The first-order valence-electron chi connectivity index (χ1n) is 10.1. The number of thiazole rings is 1. The number of hydrogen-bond donors (Lipinski definition) is 0. The van der Waals surface area contributed by atoms with Crippen molar-refractivity contribution >= 4 is 28.1 Å². The van der Waals surface area contributed by atoms with Crippen molar-refractivity contribution < 1.29 is 0 Å². The van der Waals surface area contributed by atoms with Crippen LogP contribution in [0.3, 0.4) is 0 Å². The summed E-state index contributed by atoms with van der Waals surface area (Å²) in [5, 5.41) is 0. The molecule has 0 amide bonds. The van der Waals surface area contributed by atoms with Crippen LogP contribution in [0.1, 0.15) is 5.56 Å². The maximum atomic E-state index is 13.4. The molecule has 0 saturated heterocycles.